The summed E-state index contributed by atoms with van der Waals surface area (Å²) in [5, 5.41) is 0. The Labute approximate surface area is 168 Å². The van der Waals surface area contributed by atoms with Crippen LogP contribution >= 0.6 is 0 Å². The van der Waals surface area contributed by atoms with Gasteiger partial charge in [0.25, 0.3) is 0 Å². The number of benzene rings is 2. The van der Waals surface area contributed by atoms with E-state index in [1.54, 1.807) is 0 Å². The molecule has 27 heavy (non-hydrogen) atoms. The summed E-state index contributed by atoms with van der Waals surface area (Å²) in [6.07, 6.45) is 18.3. The van der Waals surface area contributed by atoms with E-state index in [9.17, 15) is 0 Å². The average Bonchev–Trinajstić information content (AvgIpc) is 2.70. The van der Waals surface area contributed by atoms with Crippen LogP contribution in [0.5, 0.6) is 0 Å². The van der Waals surface area contributed by atoms with Crippen LogP contribution in [0.4, 0.5) is 0 Å². The van der Waals surface area contributed by atoms with Crippen molar-refractivity contribution in [3.63, 3.8) is 0 Å². The van der Waals surface area contributed by atoms with Crippen LogP contribution in [0.25, 0.3) is 11.1 Å². The Morgan fingerprint density at radius 1 is 0.481 bits per heavy atom. The second kappa shape index (κ2) is 13.6. The summed E-state index contributed by atoms with van der Waals surface area (Å²) in [5.74, 6) is 0. The molecule has 148 valence electrons. The first-order valence-corrected chi connectivity index (χ1v) is 11.5. The summed E-state index contributed by atoms with van der Waals surface area (Å²) in [6, 6.07) is 18.0. The van der Waals surface area contributed by atoms with Crippen molar-refractivity contribution in [2.24, 2.45) is 0 Å². The first-order chi connectivity index (χ1) is 13.3. The Bertz CT molecular complexity index is 591. The summed E-state index contributed by atoms with van der Waals surface area (Å²) < 4.78 is 0. The molecule has 0 aliphatic rings. The molecule has 0 fully saturated rings. The minimum Gasteiger partial charge on any atom is -0.0654 e. The van der Waals surface area contributed by atoms with Crippen LogP contribution in [-0.4, -0.2) is 0 Å². The zero-order valence-corrected chi connectivity index (χ0v) is 17.8. The Balaban J connectivity index is 1.50. The number of hydrogen-bond acceptors (Lipinski definition) is 0. The first-order valence-electron chi connectivity index (χ1n) is 11.5. The van der Waals surface area contributed by atoms with Crippen molar-refractivity contribution in [3.8, 4) is 11.1 Å². The maximum absolute atomic E-state index is 2.31. The van der Waals surface area contributed by atoms with Crippen LogP contribution in [-0.2, 0) is 6.42 Å². The average molecular weight is 365 g/mol. The van der Waals surface area contributed by atoms with Crippen LogP contribution in [0, 0.1) is 6.92 Å². The van der Waals surface area contributed by atoms with E-state index in [0.29, 0.717) is 0 Å². The van der Waals surface area contributed by atoms with Gasteiger partial charge in [0.2, 0.25) is 0 Å². The van der Waals surface area contributed by atoms with Gasteiger partial charge in [-0.1, -0.05) is 132 Å². The topological polar surface area (TPSA) is 0 Å². The van der Waals surface area contributed by atoms with Crippen molar-refractivity contribution in [1.82, 2.24) is 0 Å². The lowest BCUT2D eigenvalue weighted by atomic mass is 10.00. The standard InChI is InChI=1S/C27H40/c1-3-4-5-6-7-8-9-10-11-12-13-14-15-25-18-22-27(23-19-25)26-20-16-24(2)17-21-26/h16-23H,3-15H2,1-2H3. The van der Waals surface area contributed by atoms with Crippen LogP contribution in [0.1, 0.15) is 95.1 Å². The number of aryl methyl sites for hydroxylation is 2. The van der Waals surface area contributed by atoms with Crippen LogP contribution in [0.15, 0.2) is 48.5 Å². The van der Waals surface area contributed by atoms with Gasteiger partial charge in [0.1, 0.15) is 0 Å². The van der Waals surface area contributed by atoms with Gasteiger partial charge >= 0.3 is 0 Å². The fraction of sp³-hybridized carbons (Fsp3) is 0.556. The summed E-state index contributed by atoms with van der Waals surface area (Å²) in [4.78, 5) is 0. The van der Waals surface area contributed by atoms with Crippen LogP contribution < -0.4 is 0 Å². The minimum absolute atomic E-state index is 1.23. The second-order valence-electron chi connectivity index (χ2n) is 8.20. The second-order valence-corrected chi connectivity index (χ2v) is 8.20. The molecule has 0 aliphatic heterocycles. The molecule has 0 heteroatoms. The third-order valence-corrected chi connectivity index (χ3v) is 5.66. The number of rotatable bonds is 14. The molecule has 0 aliphatic carbocycles. The van der Waals surface area contributed by atoms with Crippen LogP contribution in [0.2, 0.25) is 0 Å². The van der Waals surface area contributed by atoms with E-state index >= 15 is 0 Å². The number of unbranched alkanes of at least 4 members (excludes halogenated alkanes) is 11. The van der Waals surface area contributed by atoms with Gasteiger partial charge in [-0.15, -0.1) is 0 Å². The van der Waals surface area contributed by atoms with E-state index in [1.807, 2.05) is 0 Å². The van der Waals surface area contributed by atoms with E-state index in [4.69, 9.17) is 0 Å². The Kier molecular flexibility index (Phi) is 10.9. The van der Waals surface area contributed by atoms with E-state index in [-0.39, 0.29) is 0 Å². The molecule has 0 aromatic heterocycles. The summed E-state index contributed by atoms with van der Waals surface area (Å²) in [6.45, 7) is 4.43. The highest BCUT2D eigenvalue weighted by Gasteiger charge is 1.99. The molecule has 0 bridgehead atoms. The summed E-state index contributed by atoms with van der Waals surface area (Å²) in [5.41, 5.74) is 5.45. The molecule has 2 aromatic carbocycles. The molecular formula is C27H40. The molecule has 0 radical (unpaired) electrons. The maximum Gasteiger partial charge on any atom is -0.0184 e. The fourth-order valence-corrected chi connectivity index (χ4v) is 3.78. The molecule has 0 N–H and O–H groups in total. The molecule has 0 nitrogen and oxygen atoms in total. The van der Waals surface area contributed by atoms with E-state index < -0.39 is 0 Å². The fourth-order valence-electron chi connectivity index (χ4n) is 3.78. The monoisotopic (exact) mass is 364 g/mol. The van der Waals surface area contributed by atoms with Gasteiger partial charge in [0, 0.05) is 0 Å². The van der Waals surface area contributed by atoms with E-state index in [1.165, 1.54) is 106 Å². The lowest BCUT2D eigenvalue weighted by Gasteiger charge is -2.06. The maximum atomic E-state index is 2.31. The third-order valence-electron chi connectivity index (χ3n) is 5.66. The largest absolute Gasteiger partial charge is 0.0654 e. The Hall–Kier alpha value is -1.56. The Morgan fingerprint density at radius 2 is 0.889 bits per heavy atom. The van der Waals surface area contributed by atoms with Gasteiger partial charge in [-0.05, 0) is 36.5 Å². The van der Waals surface area contributed by atoms with Gasteiger partial charge in [-0.2, -0.15) is 0 Å². The molecular weight excluding hydrogens is 324 g/mol. The zero-order chi connectivity index (χ0) is 19.2. The molecule has 2 aromatic rings. The zero-order valence-electron chi connectivity index (χ0n) is 17.8. The normalized spacial score (nSPS) is 11.0. The third kappa shape index (κ3) is 9.27. The Morgan fingerprint density at radius 3 is 1.37 bits per heavy atom. The van der Waals surface area contributed by atoms with Gasteiger partial charge in [0.05, 0.1) is 0 Å². The molecule has 0 atom stereocenters. The van der Waals surface area contributed by atoms with Gasteiger partial charge in [-0.25, -0.2) is 0 Å². The number of hydrogen-bond donors (Lipinski definition) is 0. The van der Waals surface area contributed by atoms with Crippen molar-refractivity contribution in [3.05, 3.63) is 59.7 Å². The lowest BCUT2D eigenvalue weighted by molar-refractivity contribution is 0.544. The van der Waals surface area contributed by atoms with Crippen molar-refractivity contribution >= 4 is 0 Å². The van der Waals surface area contributed by atoms with Crippen molar-refractivity contribution in [2.75, 3.05) is 0 Å². The SMILES string of the molecule is CCCCCCCCCCCCCCc1ccc(-c2ccc(C)cc2)cc1. The van der Waals surface area contributed by atoms with E-state index in [2.05, 4.69) is 62.4 Å². The van der Waals surface area contributed by atoms with Gasteiger partial charge in [-0.3, -0.25) is 0 Å². The smallest absolute Gasteiger partial charge is 0.0184 e. The molecule has 0 spiro atoms. The predicted octanol–water partition coefficient (Wildman–Crippen LogP) is 8.91. The molecule has 0 saturated heterocycles. The van der Waals surface area contributed by atoms with Crippen LogP contribution in [0.3, 0.4) is 0 Å². The van der Waals surface area contributed by atoms with Gasteiger partial charge in [0.15, 0.2) is 0 Å². The van der Waals surface area contributed by atoms with Gasteiger partial charge < -0.3 is 0 Å². The minimum atomic E-state index is 1.23. The summed E-state index contributed by atoms with van der Waals surface area (Å²) >= 11 is 0. The lowest BCUT2D eigenvalue weighted by Crippen LogP contribution is -1.87. The molecule has 2 rings (SSSR count). The molecule has 0 amide bonds. The summed E-state index contributed by atoms with van der Waals surface area (Å²) in [7, 11) is 0. The molecule has 0 heterocycles. The highest BCUT2D eigenvalue weighted by Crippen LogP contribution is 2.21. The predicted molar refractivity (Wildman–Crippen MR) is 121 cm³/mol. The van der Waals surface area contributed by atoms with Crippen molar-refractivity contribution in [2.45, 2.75) is 97.3 Å². The molecule has 0 saturated carbocycles. The first kappa shape index (κ1) is 21.7. The highest BCUT2D eigenvalue weighted by molar-refractivity contribution is 5.63. The quantitative estimate of drug-likeness (QED) is 0.293. The van der Waals surface area contributed by atoms with E-state index in [0.717, 1.165) is 0 Å². The highest BCUT2D eigenvalue weighted by atomic mass is 14.0. The molecule has 0 unspecified atom stereocenters. The van der Waals surface area contributed by atoms with Crippen molar-refractivity contribution in [1.29, 1.82) is 0 Å². The van der Waals surface area contributed by atoms with Crippen molar-refractivity contribution < 1.29 is 0 Å².